The highest BCUT2D eigenvalue weighted by Crippen LogP contribution is 2.34. The summed E-state index contributed by atoms with van der Waals surface area (Å²) in [4.78, 5) is -0.327. The standard InChI is InChI=1S/C15H18FNO3S/c1-15(2)8-4-9-17(15)21(19,20)14-7-6-12(5-3-10-18)11-13(14)16/h6-7,11,18H,4,8-10H2,1-2H3. The van der Waals surface area contributed by atoms with Crippen LogP contribution in [0.25, 0.3) is 0 Å². The van der Waals surface area contributed by atoms with Crippen molar-refractivity contribution in [2.24, 2.45) is 0 Å². The van der Waals surface area contributed by atoms with Gasteiger partial charge in [-0.15, -0.1) is 0 Å². The zero-order valence-electron chi connectivity index (χ0n) is 12.1. The summed E-state index contributed by atoms with van der Waals surface area (Å²) in [5.41, 5.74) is -0.165. The molecule has 0 unspecified atom stereocenters. The Morgan fingerprint density at radius 1 is 1.43 bits per heavy atom. The maximum absolute atomic E-state index is 14.1. The van der Waals surface area contributed by atoms with Crippen molar-refractivity contribution in [3.63, 3.8) is 0 Å². The fourth-order valence-electron chi connectivity index (χ4n) is 2.58. The molecule has 2 rings (SSSR count). The van der Waals surface area contributed by atoms with Crippen molar-refractivity contribution in [1.29, 1.82) is 0 Å². The minimum atomic E-state index is -3.85. The molecule has 0 amide bonds. The van der Waals surface area contributed by atoms with Crippen LogP contribution in [0.5, 0.6) is 0 Å². The average molecular weight is 311 g/mol. The topological polar surface area (TPSA) is 57.6 Å². The van der Waals surface area contributed by atoms with E-state index in [2.05, 4.69) is 11.8 Å². The summed E-state index contributed by atoms with van der Waals surface area (Å²) in [6, 6.07) is 3.76. The van der Waals surface area contributed by atoms with Crippen LogP contribution < -0.4 is 0 Å². The van der Waals surface area contributed by atoms with Gasteiger partial charge in [0.2, 0.25) is 10.0 Å². The molecular weight excluding hydrogens is 293 g/mol. The van der Waals surface area contributed by atoms with Crippen LogP contribution in [0, 0.1) is 17.7 Å². The van der Waals surface area contributed by atoms with E-state index in [9.17, 15) is 12.8 Å². The van der Waals surface area contributed by atoms with Crippen LogP contribution in [-0.4, -0.2) is 36.5 Å². The number of aliphatic hydroxyl groups is 1. The molecule has 0 aromatic heterocycles. The molecule has 1 aliphatic heterocycles. The second-order valence-electron chi connectivity index (χ2n) is 5.60. The summed E-state index contributed by atoms with van der Waals surface area (Å²) in [5, 5.41) is 8.61. The van der Waals surface area contributed by atoms with E-state index in [0.29, 0.717) is 12.1 Å². The van der Waals surface area contributed by atoms with Gasteiger partial charge in [-0.05, 0) is 44.9 Å². The van der Waals surface area contributed by atoms with Crippen molar-refractivity contribution in [2.45, 2.75) is 37.1 Å². The van der Waals surface area contributed by atoms with Gasteiger partial charge in [-0.2, -0.15) is 4.31 Å². The fourth-order valence-corrected chi connectivity index (χ4v) is 4.47. The molecular formula is C15H18FNO3S. The van der Waals surface area contributed by atoms with Crippen LogP contribution in [-0.2, 0) is 10.0 Å². The Labute approximate surface area is 124 Å². The van der Waals surface area contributed by atoms with E-state index >= 15 is 0 Å². The lowest BCUT2D eigenvalue weighted by molar-refractivity contribution is 0.290. The van der Waals surface area contributed by atoms with Crippen molar-refractivity contribution in [1.82, 2.24) is 4.31 Å². The second-order valence-corrected chi connectivity index (χ2v) is 7.43. The first kappa shape index (κ1) is 16.0. The summed E-state index contributed by atoms with van der Waals surface area (Å²) < 4.78 is 40.7. The third kappa shape index (κ3) is 3.10. The number of rotatable bonds is 2. The molecule has 6 heteroatoms. The molecule has 0 saturated carbocycles. The van der Waals surface area contributed by atoms with Gasteiger partial charge in [0.1, 0.15) is 17.3 Å². The number of nitrogens with zero attached hydrogens (tertiary/aromatic N) is 1. The first-order valence-electron chi connectivity index (χ1n) is 6.71. The second kappa shape index (κ2) is 5.76. The highest BCUT2D eigenvalue weighted by atomic mass is 32.2. The Morgan fingerprint density at radius 3 is 2.67 bits per heavy atom. The number of hydrogen-bond donors (Lipinski definition) is 1. The fraction of sp³-hybridized carbons (Fsp3) is 0.467. The van der Waals surface area contributed by atoms with Crippen molar-refractivity contribution in [3.05, 3.63) is 29.6 Å². The Kier molecular flexibility index (Phi) is 4.38. The maximum atomic E-state index is 14.1. The summed E-state index contributed by atoms with van der Waals surface area (Å²) >= 11 is 0. The third-order valence-electron chi connectivity index (χ3n) is 3.64. The van der Waals surface area contributed by atoms with E-state index in [-0.39, 0.29) is 11.5 Å². The van der Waals surface area contributed by atoms with Gasteiger partial charge in [-0.3, -0.25) is 0 Å². The van der Waals surface area contributed by atoms with Gasteiger partial charge < -0.3 is 5.11 Å². The van der Waals surface area contributed by atoms with E-state index in [0.717, 1.165) is 18.9 Å². The van der Waals surface area contributed by atoms with E-state index in [1.165, 1.54) is 16.4 Å². The lowest BCUT2D eigenvalue weighted by atomic mass is 10.0. The molecule has 1 aromatic rings. The van der Waals surface area contributed by atoms with Gasteiger partial charge in [0.25, 0.3) is 0 Å². The largest absolute Gasteiger partial charge is 0.384 e. The highest BCUT2D eigenvalue weighted by Gasteiger charge is 2.41. The summed E-state index contributed by atoms with van der Waals surface area (Å²) in [6.07, 6.45) is 1.53. The zero-order chi connectivity index (χ0) is 15.7. The molecule has 0 radical (unpaired) electrons. The monoisotopic (exact) mass is 311 g/mol. The Morgan fingerprint density at radius 2 is 2.14 bits per heavy atom. The SMILES string of the molecule is CC1(C)CCCN1S(=O)(=O)c1ccc(C#CCO)cc1F. The van der Waals surface area contributed by atoms with Gasteiger partial charge in [0.15, 0.2) is 0 Å². The molecule has 1 aliphatic rings. The van der Waals surface area contributed by atoms with E-state index in [1.807, 2.05) is 13.8 Å². The number of halogens is 1. The van der Waals surface area contributed by atoms with Crippen LogP contribution in [0.4, 0.5) is 4.39 Å². The predicted octanol–water partition coefficient (Wildman–Crippen LogP) is 1.73. The molecule has 1 saturated heterocycles. The van der Waals surface area contributed by atoms with Crippen LogP contribution >= 0.6 is 0 Å². The lowest BCUT2D eigenvalue weighted by Gasteiger charge is -2.30. The number of benzene rings is 1. The molecule has 114 valence electrons. The molecule has 0 bridgehead atoms. The van der Waals surface area contributed by atoms with E-state index < -0.39 is 21.4 Å². The van der Waals surface area contributed by atoms with Crippen molar-refractivity contribution >= 4 is 10.0 Å². The first-order chi connectivity index (χ1) is 9.79. The predicted molar refractivity (Wildman–Crippen MR) is 77.6 cm³/mol. The van der Waals surface area contributed by atoms with E-state index in [4.69, 9.17) is 5.11 Å². The third-order valence-corrected chi connectivity index (χ3v) is 5.78. The molecule has 4 nitrogen and oxygen atoms in total. The summed E-state index contributed by atoms with van der Waals surface area (Å²) in [6.45, 7) is 3.76. The Balaban J connectivity index is 2.42. The van der Waals surface area contributed by atoms with Gasteiger partial charge in [0.05, 0.1) is 0 Å². The van der Waals surface area contributed by atoms with Crippen LogP contribution in [0.2, 0.25) is 0 Å². The highest BCUT2D eigenvalue weighted by molar-refractivity contribution is 7.89. The summed E-state index contributed by atoms with van der Waals surface area (Å²) in [5.74, 6) is 4.13. The van der Waals surface area contributed by atoms with Crippen LogP contribution in [0.3, 0.4) is 0 Å². The quantitative estimate of drug-likeness (QED) is 0.846. The molecule has 1 heterocycles. The van der Waals surface area contributed by atoms with Crippen LogP contribution in [0.15, 0.2) is 23.1 Å². The molecule has 0 aliphatic carbocycles. The van der Waals surface area contributed by atoms with E-state index in [1.54, 1.807) is 0 Å². The molecule has 21 heavy (non-hydrogen) atoms. The lowest BCUT2D eigenvalue weighted by Crippen LogP contribution is -2.42. The Hall–Kier alpha value is -1.42. The Bertz CT molecular complexity index is 701. The van der Waals surface area contributed by atoms with Gasteiger partial charge in [0, 0.05) is 17.6 Å². The first-order valence-corrected chi connectivity index (χ1v) is 8.15. The normalized spacial score (nSPS) is 18.3. The molecule has 1 fully saturated rings. The molecule has 1 N–H and O–H groups in total. The van der Waals surface area contributed by atoms with Gasteiger partial charge in [-0.25, -0.2) is 12.8 Å². The molecule has 1 aromatic carbocycles. The smallest absolute Gasteiger partial charge is 0.246 e. The maximum Gasteiger partial charge on any atom is 0.246 e. The van der Waals surface area contributed by atoms with Crippen molar-refractivity contribution < 1.29 is 17.9 Å². The van der Waals surface area contributed by atoms with Gasteiger partial charge in [-0.1, -0.05) is 11.8 Å². The van der Waals surface area contributed by atoms with Crippen molar-refractivity contribution in [3.8, 4) is 11.8 Å². The minimum absolute atomic E-state index is 0.327. The molecule has 0 spiro atoms. The van der Waals surface area contributed by atoms with Crippen LogP contribution in [0.1, 0.15) is 32.3 Å². The molecule has 0 atom stereocenters. The minimum Gasteiger partial charge on any atom is -0.384 e. The number of sulfonamides is 1. The summed E-state index contributed by atoms with van der Waals surface area (Å²) in [7, 11) is -3.85. The zero-order valence-corrected chi connectivity index (χ0v) is 12.9. The van der Waals surface area contributed by atoms with Crippen molar-refractivity contribution in [2.75, 3.05) is 13.2 Å². The number of hydrogen-bond acceptors (Lipinski definition) is 3. The number of aliphatic hydroxyl groups excluding tert-OH is 1. The average Bonchev–Trinajstić information content (AvgIpc) is 2.76. The van der Waals surface area contributed by atoms with Gasteiger partial charge >= 0.3 is 0 Å².